The summed E-state index contributed by atoms with van der Waals surface area (Å²) in [6, 6.07) is 34.2. The lowest BCUT2D eigenvalue weighted by Crippen LogP contribution is -2.38. The van der Waals surface area contributed by atoms with E-state index in [1.165, 1.54) is 74.8 Å². The number of hydrogen-bond donors (Lipinski definition) is 1. The van der Waals surface area contributed by atoms with E-state index < -0.39 is 5.97 Å². The maximum absolute atomic E-state index is 13.7. The number of aromatic carboxylic acids is 1. The number of hydrogen-bond acceptors (Lipinski definition) is 2. The fourth-order valence-corrected chi connectivity index (χ4v) is 6.06. The predicted molar refractivity (Wildman–Crippen MR) is 162 cm³/mol. The molecule has 0 amide bonds. The maximum atomic E-state index is 13.7. The molecule has 3 nitrogen and oxygen atoms in total. The van der Waals surface area contributed by atoms with Gasteiger partial charge in [0, 0.05) is 12.4 Å². The Morgan fingerprint density at radius 3 is 2.29 bits per heavy atom. The minimum Gasteiger partial charge on any atom is -0.478 e. The standard InChI is InChI=1S/C31H25F.C6H5NO2/c32-25-15-13-22(14-16-25)30-20-24-9-4-5-11-26(24)29-18-17-27-23(10-6-12-28(27)31(29)30)19-21-7-2-1-3-8-21;8-6(9)5-1-3-7-4-2-5/h1-5,7-9,11-18,23H,6,10,19-20H2;1-4H,(H,8,9). The highest BCUT2D eigenvalue weighted by Crippen LogP contribution is 2.33. The summed E-state index contributed by atoms with van der Waals surface area (Å²) in [6.45, 7) is 0. The lowest BCUT2D eigenvalue weighted by molar-refractivity contribution is 0.0696. The summed E-state index contributed by atoms with van der Waals surface area (Å²) in [5.41, 5.74) is 9.53. The number of fused-ring (bicyclic) bond motifs is 5. The van der Waals surface area contributed by atoms with Gasteiger partial charge in [0.25, 0.3) is 0 Å². The second-order valence-corrected chi connectivity index (χ2v) is 10.5. The molecule has 202 valence electrons. The van der Waals surface area contributed by atoms with Crippen LogP contribution >= 0.6 is 0 Å². The van der Waals surface area contributed by atoms with Gasteiger partial charge in [0.15, 0.2) is 0 Å². The minimum atomic E-state index is -0.919. The summed E-state index contributed by atoms with van der Waals surface area (Å²) in [5, 5.41) is 11.1. The molecule has 0 saturated carbocycles. The van der Waals surface area contributed by atoms with Crippen LogP contribution in [0.25, 0.3) is 22.8 Å². The van der Waals surface area contributed by atoms with Crippen molar-refractivity contribution >= 4 is 17.6 Å². The van der Waals surface area contributed by atoms with Crippen LogP contribution in [0, 0.1) is 5.82 Å². The van der Waals surface area contributed by atoms with Gasteiger partial charge in [-0.2, -0.15) is 0 Å². The van der Waals surface area contributed by atoms with Crippen molar-refractivity contribution in [3.8, 4) is 11.1 Å². The Bertz CT molecular complexity index is 1810. The number of pyridine rings is 1. The van der Waals surface area contributed by atoms with Crippen LogP contribution in [0.15, 0.2) is 116 Å². The molecular formula is C37H30FNO2. The van der Waals surface area contributed by atoms with Crippen molar-refractivity contribution in [3.05, 3.63) is 160 Å². The minimum absolute atomic E-state index is 0.185. The molecule has 1 aromatic heterocycles. The summed E-state index contributed by atoms with van der Waals surface area (Å²) in [4.78, 5) is 13.8. The first-order valence-electron chi connectivity index (χ1n) is 14.0. The van der Waals surface area contributed by atoms with E-state index in [4.69, 9.17) is 5.11 Å². The highest BCUT2D eigenvalue weighted by Gasteiger charge is 2.23. The van der Waals surface area contributed by atoms with E-state index in [2.05, 4.69) is 77.8 Å². The Labute approximate surface area is 239 Å². The number of nitrogens with zero attached hydrogens (tertiary/aromatic N) is 1. The number of carbonyl (C=O) groups is 1. The molecule has 1 heterocycles. The van der Waals surface area contributed by atoms with E-state index in [0.29, 0.717) is 5.92 Å². The van der Waals surface area contributed by atoms with E-state index in [-0.39, 0.29) is 11.4 Å². The molecular weight excluding hydrogens is 509 g/mol. The summed E-state index contributed by atoms with van der Waals surface area (Å²) < 4.78 is 13.7. The van der Waals surface area contributed by atoms with E-state index in [0.717, 1.165) is 24.8 Å². The maximum Gasteiger partial charge on any atom is 0.335 e. The van der Waals surface area contributed by atoms with Crippen LogP contribution in [-0.2, 0) is 12.8 Å². The zero-order chi connectivity index (χ0) is 28.2. The molecule has 5 aromatic rings. The van der Waals surface area contributed by atoms with Crippen LogP contribution in [0.2, 0.25) is 0 Å². The summed E-state index contributed by atoms with van der Waals surface area (Å²) in [5.74, 6) is -0.581. The monoisotopic (exact) mass is 539 g/mol. The molecule has 2 aliphatic carbocycles. The molecule has 0 fully saturated rings. The molecule has 1 unspecified atom stereocenters. The quantitative estimate of drug-likeness (QED) is 0.270. The smallest absolute Gasteiger partial charge is 0.335 e. The number of carboxylic acid groups (broad SMARTS) is 1. The first kappa shape index (κ1) is 26.4. The van der Waals surface area contributed by atoms with E-state index in [1.807, 2.05) is 12.1 Å². The van der Waals surface area contributed by atoms with Crippen molar-refractivity contribution in [1.29, 1.82) is 0 Å². The van der Waals surface area contributed by atoms with Crippen LogP contribution < -0.4 is 10.4 Å². The first-order valence-corrected chi connectivity index (χ1v) is 14.0. The van der Waals surface area contributed by atoms with Crippen molar-refractivity contribution in [2.24, 2.45) is 0 Å². The molecule has 0 radical (unpaired) electrons. The molecule has 1 N–H and O–H groups in total. The number of benzene rings is 4. The van der Waals surface area contributed by atoms with Gasteiger partial charge in [-0.1, -0.05) is 84.9 Å². The normalized spacial score (nSPS) is 14.9. The van der Waals surface area contributed by atoms with Crippen LogP contribution in [0.4, 0.5) is 4.39 Å². The van der Waals surface area contributed by atoms with Gasteiger partial charge >= 0.3 is 5.97 Å². The van der Waals surface area contributed by atoms with Gasteiger partial charge in [-0.3, -0.25) is 4.98 Å². The van der Waals surface area contributed by atoms with Crippen LogP contribution in [0.1, 0.15) is 51.4 Å². The summed E-state index contributed by atoms with van der Waals surface area (Å²) in [7, 11) is 0. The van der Waals surface area contributed by atoms with Crippen LogP contribution in [0.3, 0.4) is 0 Å². The second-order valence-electron chi connectivity index (χ2n) is 10.5. The topological polar surface area (TPSA) is 50.2 Å². The second kappa shape index (κ2) is 11.7. The molecule has 0 aliphatic heterocycles. The van der Waals surface area contributed by atoms with Crippen LogP contribution in [0.5, 0.6) is 0 Å². The Hall–Kier alpha value is -4.83. The van der Waals surface area contributed by atoms with Gasteiger partial charge in [0.05, 0.1) is 5.56 Å². The molecule has 41 heavy (non-hydrogen) atoms. The van der Waals surface area contributed by atoms with Crippen molar-refractivity contribution in [1.82, 2.24) is 4.98 Å². The number of rotatable bonds is 4. The molecule has 4 heteroatoms. The largest absolute Gasteiger partial charge is 0.478 e. The predicted octanol–water partition coefficient (Wildman–Crippen LogP) is 6.93. The SMILES string of the molecule is Fc1ccc(C2=c3c(ccc4c3=CCCC4Cc3ccccc3)-c3ccccc3C2)cc1.O=C(O)c1ccncc1. The van der Waals surface area contributed by atoms with Gasteiger partial charge in [-0.05, 0) is 105 Å². The molecule has 4 aromatic carbocycles. The Morgan fingerprint density at radius 2 is 1.56 bits per heavy atom. The molecule has 0 bridgehead atoms. The van der Waals surface area contributed by atoms with Crippen LogP contribution in [-0.4, -0.2) is 16.1 Å². The highest BCUT2D eigenvalue weighted by molar-refractivity contribution is 5.87. The molecule has 7 rings (SSSR count). The van der Waals surface area contributed by atoms with E-state index >= 15 is 0 Å². The van der Waals surface area contributed by atoms with Gasteiger partial charge in [0.2, 0.25) is 0 Å². The first-order chi connectivity index (χ1) is 20.1. The fraction of sp³-hybridized carbons (Fsp3) is 0.135. The van der Waals surface area contributed by atoms with Crippen molar-refractivity contribution < 1.29 is 14.3 Å². The zero-order valence-electron chi connectivity index (χ0n) is 22.6. The number of carboxylic acids is 1. The lowest BCUT2D eigenvalue weighted by atomic mass is 9.78. The third-order valence-electron chi connectivity index (χ3n) is 8.00. The fourth-order valence-electron chi connectivity index (χ4n) is 6.06. The highest BCUT2D eigenvalue weighted by atomic mass is 19.1. The van der Waals surface area contributed by atoms with Gasteiger partial charge in [-0.15, -0.1) is 0 Å². The number of halogens is 1. The average Bonchev–Trinajstić information content (AvgIpc) is 3.02. The zero-order valence-corrected chi connectivity index (χ0v) is 22.6. The van der Waals surface area contributed by atoms with Gasteiger partial charge < -0.3 is 5.11 Å². The van der Waals surface area contributed by atoms with E-state index in [1.54, 1.807) is 12.1 Å². The molecule has 0 saturated heterocycles. The van der Waals surface area contributed by atoms with Crippen molar-refractivity contribution in [3.63, 3.8) is 0 Å². The van der Waals surface area contributed by atoms with Crippen molar-refractivity contribution in [2.75, 3.05) is 0 Å². The van der Waals surface area contributed by atoms with Gasteiger partial charge in [0.1, 0.15) is 5.82 Å². The summed E-state index contributed by atoms with van der Waals surface area (Å²) >= 11 is 0. The Balaban J connectivity index is 0.000000289. The molecule has 1 atom stereocenters. The average molecular weight is 540 g/mol. The molecule has 2 aliphatic rings. The van der Waals surface area contributed by atoms with E-state index in [9.17, 15) is 9.18 Å². The summed E-state index contributed by atoms with van der Waals surface area (Å²) in [6.07, 6.45) is 9.56. The molecule has 0 spiro atoms. The number of aromatic nitrogens is 1. The Kier molecular flexibility index (Phi) is 7.55. The lowest BCUT2D eigenvalue weighted by Gasteiger charge is -2.26. The van der Waals surface area contributed by atoms with Gasteiger partial charge in [-0.25, -0.2) is 9.18 Å². The third kappa shape index (κ3) is 5.59. The van der Waals surface area contributed by atoms with Crippen molar-refractivity contribution in [2.45, 2.75) is 31.6 Å². The third-order valence-corrected chi connectivity index (χ3v) is 8.00. The Morgan fingerprint density at radius 1 is 0.829 bits per heavy atom.